The number of piperazine rings is 2. The SMILES string of the molecule is O=C1N[C@H](Cc2ccccc2)C(=O)N2CCN(Cc3cccc(F)c3)C[C@H]12. The van der Waals surface area contributed by atoms with E-state index in [0.29, 0.717) is 32.6 Å². The normalized spacial score (nSPS) is 23.1. The van der Waals surface area contributed by atoms with Crippen molar-refractivity contribution in [3.63, 3.8) is 0 Å². The summed E-state index contributed by atoms with van der Waals surface area (Å²) in [6.07, 6.45) is 0.502. The predicted octanol–water partition coefficient (Wildman–Crippen LogP) is 1.58. The van der Waals surface area contributed by atoms with E-state index in [9.17, 15) is 14.0 Å². The third kappa shape index (κ3) is 3.85. The molecule has 2 aromatic rings. The molecule has 6 heteroatoms. The average Bonchev–Trinajstić information content (AvgIpc) is 2.67. The number of carbonyl (C=O) groups excluding carboxylic acids is 2. The number of amides is 2. The van der Waals surface area contributed by atoms with Crippen molar-refractivity contribution in [3.8, 4) is 0 Å². The third-order valence-corrected chi connectivity index (χ3v) is 5.24. The summed E-state index contributed by atoms with van der Waals surface area (Å²) < 4.78 is 13.4. The van der Waals surface area contributed by atoms with Crippen LogP contribution in [0.25, 0.3) is 0 Å². The van der Waals surface area contributed by atoms with Crippen molar-refractivity contribution in [2.45, 2.75) is 25.0 Å². The number of rotatable bonds is 4. The summed E-state index contributed by atoms with van der Waals surface area (Å²) in [4.78, 5) is 29.3. The van der Waals surface area contributed by atoms with Gasteiger partial charge in [0.05, 0.1) is 0 Å². The van der Waals surface area contributed by atoms with Gasteiger partial charge in [-0.3, -0.25) is 14.5 Å². The Kier molecular flexibility index (Phi) is 4.90. The first-order valence-electron chi connectivity index (χ1n) is 9.22. The largest absolute Gasteiger partial charge is 0.342 e. The predicted molar refractivity (Wildman–Crippen MR) is 99.3 cm³/mol. The van der Waals surface area contributed by atoms with Gasteiger partial charge in [-0.25, -0.2) is 4.39 Å². The Hall–Kier alpha value is -2.73. The molecule has 2 aromatic carbocycles. The van der Waals surface area contributed by atoms with Crippen LogP contribution in [0.3, 0.4) is 0 Å². The molecule has 5 nitrogen and oxygen atoms in total. The first kappa shape index (κ1) is 17.7. The number of halogens is 1. The molecule has 0 radical (unpaired) electrons. The average molecular weight is 367 g/mol. The van der Waals surface area contributed by atoms with Gasteiger partial charge in [-0.2, -0.15) is 0 Å². The molecule has 2 amide bonds. The van der Waals surface area contributed by atoms with Crippen LogP contribution < -0.4 is 5.32 Å². The zero-order valence-electron chi connectivity index (χ0n) is 15.0. The lowest BCUT2D eigenvalue weighted by Gasteiger charge is -2.45. The van der Waals surface area contributed by atoms with E-state index in [1.807, 2.05) is 36.4 Å². The second kappa shape index (κ2) is 7.48. The number of benzene rings is 2. The smallest absolute Gasteiger partial charge is 0.246 e. The van der Waals surface area contributed by atoms with Crippen molar-refractivity contribution in [1.29, 1.82) is 0 Å². The van der Waals surface area contributed by atoms with Gasteiger partial charge in [-0.15, -0.1) is 0 Å². The summed E-state index contributed by atoms with van der Waals surface area (Å²) in [6.45, 7) is 2.21. The highest BCUT2D eigenvalue weighted by Crippen LogP contribution is 2.20. The molecule has 2 fully saturated rings. The molecule has 0 bridgehead atoms. The highest BCUT2D eigenvalue weighted by atomic mass is 19.1. The Bertz CT molecular complexity index is 842. The molecule has 2 heterocycles. The van der Waals surface area contributed by atoms with E-state index in [0.717, 1.165) is 11.1 Å². The second-order valence-corrected chi connectivity index (χ2v) is 7.16. The number of carbonyl (C=O) groups is 2. The quantitative estimate of drug-likeness (QED) is 0.893. The lowest BCUT2D eigenvalue weighted by molar-refractivity contribution is -0.153. The molecule has 0 aromatic heterocycles. The van der Waals surface area contributed by atoms with Crippen LogP contribution in [-0.2, 0) is 22.6 Å². The van der Waals surface area contributed by atoms with Crippen LogP contribution in [0, 0.1) is 5.82 Å². The van der Waals surface area contributed by atoms with E-state index in [1.54, 1.807) is 11.0 Å². The van der Waals surface area contributed by atoms with Crippen LogP contribution in [0.5, 0.6) is 0 Å². The van der Waals surface area contributed by atoms with Gasteiger partial charge in [0.25, 0.3) is 0 Å². The lowest BCUT2D eigenvalue weighted by atomic mass is 9.98. The number of nitrogens with zero attached hydrogens (tertiary/aromatic N) is 2. The molecule has 140 valence electrons. The van der Waals surface area contributed by atoms with Gasteiger partial charge >= 0.3 is 0 Å². The van der Waals surface area contributed by atoms with Crippen molar-refractivity contribution in [2.24, 2.45) is 0 Å². The fourth-order valence-electron chi connectivity index (χ4n) is 3.88. The molecule has 27 heavy (non-hydrogen) atoms. The minimum Gasteiger partial charge on any atom is -0.342 e. The highest BCUT2D eigenvalue weighted by molar-refractivity contribution is 5.97. The molecule has 2 atom stereocenters. The van der Waals surface area contributed by atoms with Crippen molar-refractivity contribution < 1.29 is 14.0 Å². The van der Waals surface area contributed by atoms with E-state index in [4.69, 9.17) is 0 Å². The van der Waals surface area contributed by atoms with Gasteiger partial charge in [-0.1, -0.05) is 42.5 Å². The molecule has 0 saturated carbocycles. The summed E-state index contributed by atoms with van der Waals surface area (Å²) in [5, 5.41) is 2.89. The Balaban J connectivity index is 1.42. The van der Waals surface area contributed by atoms with E-state index in [1.165, 1.54) is 12.1 Å². The summed E-state index contributed by atoms with van der Waals surface area (Å²) in [5.41, 5.74) is 1.90. The number of hydrogen-bond donors (Lipinski definition) is 1. The van der Waals surface area contributed by atoms with Gasteiger partial charge in [0.1, 0.15) is 17.9 Å². The van der Waals surface area contributed by atoms with E-state index in [2.05, 4.69) is 10.2 Å². The summed E-state index contributed by atoms with van der Waals surface area (Å²) in [6, 6.07) is 15.2. The molecule has 2 aliphatic heterocycles. The van der Waals surface area contributed by atoms with Gasteiger partial charge in [0.15, 0.2) is 0 Å². The van der Waals surface area contributed by atoms with Crippen molar-refractivity contribution >= 4 is 11.8 Å². The molecule has 0 spiro atoms. The van der Waals surface area contributed by atoms with Crippen LogP contribution in [0.4, 0.5) is 4.39 Å². The topological polar surface area (TPSA) is 52.7 Å². The van der Waals surface area contributed by atoms with Crippen molar-refractivity contribution in [2.75, 3.05) is 19.6 Å². The highest BCUT2D eigenvalue weighted by Gasteiger charge is 2.43. The Morgan fingerprint density at radius 1 is 1.00 bits per heavy atom. The minimum atomic E-state index is -0.508. The zero-order chi connectivity index (χ0) is 18.8. The van der Waals surface area contributed by atoms with E-state index in [-0.39, 0.29) is 17.6 Å². The maximum Gasteiger partial charge on any atom is 0.246 e. The summed E-state index contributed by atoms with van der Waals surface area (Å²) >= 11 is 0. The molecule has 4 rings (SSSR count). The van der Waals surface area contributed by atoms with Gasteiger partial charge < -0.3 is 10.2 Å². The Morgan fingerprint density at radius 3 is 2.56 bits per heavy atom. The van der Waals surface area contributed by atoms with Crippen LogP contribution in [-0.4, -0.2) is 53.3 Å². The standard InChI is InChI=1S/C21H22FN3O2/c22-17-8-4-7-16(11-17)13-24-9-10-25-19(14-24)20(26)23-18(21(25)27)12-15-5-2-1-3-6-15/h1-8,11,18-19H,9-10,12-14H2,(H,23,26)/t18-,19-/m1/s1. The molecule has 1 N–H and O–H groups in total. The van der Waals surface area contributed by atoms with Crippen molar-refractivity contribution in [1.82, 2.24) is 15.1 Å². The number of fused-ring (bicyclic) bond motifs is 1. The fourth-order valence-corrected chi connectivity index (χ4v) is 3.88. The first-order valence-corrected chi connectivity index (χ1v) is 9.22. The Morgan fingerprint density at radius 2 is 1.78 bits per heavy atom. The van der Waals surface area contributed by atoms with Crippen LogP contribution in [0.1, 0.15) is 11.1 Å². The monoisotopic (exact) mass is 367 g/mol. The van der Waals surface area contributed by atoms with Gasteiger partial charge in [0, 0.05) is 32.6 Å². The molecule has 0 unspecified atom stereocenters. The maximum absolute atomic E-state index is 13.4. The summed E-state index contributed by atoms with van der Waals surface area (Å²) in [5.74, 6) is -0.395. The molecule has 2 saturated heterocycles. The fraction of sp³-hybridized carbons (Fsp3) is 0.333. The van der Waals surface area contributed by atoms with Gasteiger partial charge in [0.2, 0.25) is 11.8 Å². The summed E-state index contributed by atoms with van der Waals surface area (Å²) in [7, 11) is 0. The first-order chi connectivity index (χ1) is 13.1. The number of hydrogen-bond acceptors (Lipinski definition) is 3. The number of nitrogens with one attached hydrogen (secondary N) is 1. The van der Waals surface area contributed by atoms with E-state index < -0.39 is 12.1 Å². The Labute approximate surface area is 157 Å². The lowest BCUT2D eigenvalue weighted by Crippen LogP contribution is -2.69. The van der Waals surface area contributed by atoms with Crippen LogP contribution in [0.2, 0.25) is 0 Å². The van der Waals surface area contributed by atoms with Gasteiger partial charge in [-0.05, 0) is 23.3 Å². The second-order valence-electron chi connectivity index (χ2n) is 7.16. The van der Waals surface area contributed by atoms with Crippen LogP contribution in [0.15, 0.2) is 54.6 Å². The molecular weight excluding hydrogens is 345 g/mol. The third-order valence-electron chi connectivity index (χ3n) is 5.24. The van der Waals surface area contributed by atoms with Crippen molar-refractivity contribution in [3.05, 3.63) is 71.5 Å². The minimum absolute atomic E-state index is 0.0196. The van der Waals surface area contributed by atoms with E-state index >= 15 is 0 Å². The zero-order valence-corrected chi connectivity index (χ0v) is 15.0. The molecule has 0 aliphatic carbocycles. The molecular formula is C21H22FN3O2. The molecule has 2 aliphatic rings. The van der Waals surface area contributed by atoms with Crippen LogP contribution >= 0.6 is 0 Å². The maximum atomic E-state index is 13.4.